The van der Waals surface area contributed by atoms with E-state index in [9.17, 15) is 0 Å². The van der Waals surface area contributed by atoms with Crippen molar-refractivity contribution in [2.75, 3.05) is 33.4 Å². The van der Waals surface area contributed by atoms with Crippen molar-refractivity contribution in [1.29, 1.82) is 0 Å². The van der Waals surface area contributed by atoms with Gasteiger partial charge in [-0.25, -0.2) is 0 Å². The van der Waals surface area contributed by atoms with Crippen LogP contribution in [-0.4, -0.2) is 39.3 Å². The van der Waals surface area contributed by atoms with Gasteiger partial charge >= 0.3 is 0 Å². The maximum atomic E-state index is 5.60. The summed E-state index contributed by atoms with van der Waals surface area (Å²) in [7, 11) is 1.83. The fourth-order valence-corrected chi connectivity index (χ4v) is 2.14. The zero-order valence-corrected chi connectivity index (χ0v) is 15.0. The van der Waals surface area contributed by atoms with Crippen molar-refractivity contribution in [1.82, 2.24) is 10.6 Å². The lowest BCUT2D eigenvalue weighted by Crippen LogP contribution is -2.38. The van der Waals surface area contributed by atoms with Gasteiger partial charge < -0.3 is 15.4 Å². The van der Waals surface area contributed by atoms with Crippen LogP contribution in [0.25, 0.3) is 0 Å². The summed E-state index contributed by atoms with van der Waals surface area (Å²) in [6.45, 7) is 3.80. The molecule has 5 heteroatoms. The van der Waals surface area contributed by atoms with Crippen molar-refractivity contribution in [3.8, 4) is 0 Å². The molecule has 0 aromatic rings. The number of nitrogens with one attached hydrogen (secondary N) is 2. The number of nitrogens with zero attached hydrogens (tertiary/aromatic N) is 1. The van der Waals surface area contributed by atoms with E-state index in [0.29, 0.717) is 0 Å². The van der Waals surface area contributed by atoms with Crippen LogP contribution in [-0.2, 0) is 4.74 Å². The van der Waals surface area contributed by atoms with Gasteiger partial charge in [-0.05, 0) is 43.9 Å². The van der Waals surface area contributed by atoms with E-state index in [1.165, 1.54) is 38.5 Å². The van der Waals surface area contributed by atoms with E-state index >= 15 is 0 Å². The highest BCUT2D eigenvalue weighted by Gasteiger charge is 2.21. The SMILES string of the molecule is CN=C(NCCCOCC1CC1)NCCCC1CC1.I. The van der Waals surface area contributed by atoms with Crippen LogP contribution in [0.3, 0.4) is 0 Å². The van der Waals surface area contributed by atoms with Crippen LogP contribution >= 0.6 is 24.0 Å². The molecule has 20 heavy (non-hydrogen) atoms. The molecule has 0 bridgehead atoms. The van der Waals surface area contributed by atoms with E-state index in [-0.39, 0.29) is 24.0 Å². The molecule has 2 aliphatic carbocycles. The molecule has 0 aromatic carbocycles. The van der Waals surface area contributed by atoms with Gasteiger partial charge in [-0.2, -0.15) is 0 Å². The van der Waals surface area contributed by atoms with Gasteiger partial charge in [0, 0.05) is 33.4 Å². The molecule has 2 saturated carbocycles. The van der Waals surface area contributed by atoms with E-state index in [2.05, 4.69) is 15.6 Å². The molecule has 0 aromatic heterocycles. The summed E-state index contributed by atoms with van der Waals surface area (Å²) in [5.74, 6) is 2.83. The molecule has 2 N–H and O–H groups in total. The summed E-state index contributed by atoms with van der Waals surface area (Å²) >= 11 is 0. The zero-order valence-electron chi connectivity index (χ0n) is 12.7. The van der Waals surface area contributed by atoms with Crippen molar-refractivity contribution in [2.24, 2.45) is 16.8 Å². The highest BCUT2D eigenvalue weighted by molar-refractivity contribution is 14.0. The fraction of sp³-hybridized carbons (Fsp3) is 0.933. The van der Waals surface area contributed by atoms with Crippen LogP contribution in [0.5, 0.6) is 0 Å². The van der Waals surface area contributed by atoms with Gasteiger partial charge in [0.15, 0.2) is 5.96 Å². The third-order valence-corrected chi connectivity index (χ3v) is 3.81. The molecule has 2 fully saturated rings. The first-order valence-electron chi connectivity index (χ1n) is 7.90. The predicted octanol–water partition coefficient (Wildman–Crippen LogP) is 2.78. The molecule has 0 spiro atoms. The minimum absolute atomic E-state index is 0. The van der Waals surface area contributed by atoms with Crippen molar-refractivity contribution in [3.05, 3.63) is 0 Å². The number of hydrogen-bond donors (Lipinski definition) is 2. The van der Waals surface area contributed by atoms with Crippen LogP contribution < -0.4 is 10.6 Å². The number of hydrogen-bond acceptors (Lipinski definition) is 2. The molecule has 118 valence electrons. The molecule has 0 unspecified atom stereocenters. The van der Waals surface area contributed by atoms with Crippen molar-refractivity contribution >= 4 is 29.9 Å². The Kier molecular flexibility index (Phi) is 9.59. The molecular formula is C15H30IN3O. The third-order valence-electron chi connectivity index (χ3n) is 3.81. The van der Waals surface area contributed by atoms with E-state index in [4.69, 9.17) is 4.74 Å². The number of guanidine groups is 1. The first-order chi connectivity index (χ1) is 9.38. The van der Waals surface area contributed by atoms with Gasteiger partial charge in [-0.15, -0.1) is 24.0 Å². The standard InChI is InChI=1S/C15H29N3O.HI/c1-16-15(17-9-2-4-13-5-6-13)18-10-3-11-19-12-14-7-8-14;/h13-14H,2-12H2,1H3,(H2,16,17,18);1H. The maximum absolute atomic E-state index is 5.60. The zero-order chi connectivity index (χ0) is 13.3. The topological polar surface area (TPSA) is 45.7 Å². The first kappa shape index (κ1) is 18.0. The summed E-state index contributed by atoms with van der Waals surface area (Å²) in [5, 5.41) is 6.71. The number of aliphatic imine (C=N–C) groups is 1. The van der Waals surface area contributed by atoms with Crippen LogP contribution in [0.4, 0.5) is 0 Å². The molecule has 0 saturated heterocycles. The monoisotopic (exact) mass is 395 g/mol. The smallest absolute Gasteiger partial charge is 0.190 e. The molecule has 2 rings (SSSR count). The lowest BCUT2D eigenvalue weighted by Gasteiger charge is -2.11. The molecule has 4 nitrogen and oxygen atoms in total. The molecule has 0 heterocycles. The fourth-order valence-electron chi connectivity index (χ4n) is 2.14. The van der Waals surface area contributed by atoms with Crippen LogP contribution in [0.2, 0.25) is 0 Å². The molecule has 0 radical (unpaired) electrons. The van der Waals surface area contributed by atoms with Crippen LogP contribution in [0.1, 0.15) is 44.9 Å². The van der Waals surface area contributed by atoms with Gasteiger partial charge in [-0.1, -0.05) is 12.8 Å². The molecular weight excluding hydrogens is 365 g/mol. The third kappa shape index (κ3) is 9.00. The highest BCUT2D eigenvalue weighted by Crippen LogP contribution is 2.33. The second-order valence-corrected chi connectivity index (χ2v) is 5.88. The minimum Gasteiger partial charge on any atom is -0.381 e. The Morgan fingerprint density at radius 3 is 2.30 bits per heavy atom. The minimum atomic E-state index is 0. The Morgan fingerprint density at radius 2 is 1.70 bits per heavy atom. The van der Waals surface area contributed by atoms with Crippen LogP contribution in [0.15, 0.2) is 4.99 Å². The molecule has 0 amide bonds. The number of ether oxygens (including phenoxy) is 1. The lowest BCUT2D eigenvalue weighted by atomic mass is 10.2. The van der Waals surface area contributed by atoms with Gasteiger partial charge in [0.1, 0.15) is 0 Å². The summed E-state index contributed by atoms with van der Waals surface area (Å²) < 4.78 is 5.60. The second-order valence-electron chi connectivity index (χ2n) is 5.88. The Morgan fingerprint density at radius 1 is 1.05 bits per heavy atom. The van der Waals surface area contributed by atoms with Gasteiger partial charge in [0.05, 0.1) is 0 Å². The quantitative estimate of drug-likeness (QED) is 0.259. The van der Waals surface area contributed by atoms with Crippen LogP contribution in [0, 0.1) is 11.8 Å². The molecule has 0 atom stereocenters. The van der Waals surface area contributed by atoms with Crippen molar-refractivity contribution < 1.29 is 4.74 Å². The second kappa shape index (κ2) is 10.7. The largest absolute Gasteiger partial charge is 0.381 e. The normalized spacial score (nSPS) is 18.6. The molecule has 0 aliphatic heterocycles. The maximum Gasteiger partial charge on any atom is 0.190 e. The Labute approximate surface area is 140 Å². The number of rotatable bonds is 10. The van der Waals surface area contributed by atoms with Crippen molar-refractivity contribution in [3.63, 3.8) is 0 Å². The van der Waals surface area contributed by atoms with E-state index in [1.54, 1.807) is 0 Å². The average molecular weight is 395 g/mol. The lowest BCUT2D eigenvalue weighted by molar-refractivity contribution is 0.123. The summed E-state index contributed by atoms with van der Waals surface area (Å²) in [5.41, 5.74) is 0. The highest BCUT2D eigenvalue weighted by atomic mass is 127. The van der Waals surface area contributed by atoms with E-state index in [0.717, 1.165) is 50.5 Å². The predicted molar refractivity (Wildman–Crippen MR) is 94.9 cm³/mol. The Balaban J connectivity index is 0.00000200. The average Bonchev–Trinajstić information content (AvgIpc) is 3.29. The Bertz CT molecular complexity index is 278. The van der Waals surface area contributed by atoms with E-state index in [1.807, 2.05) is 7.05 Å². The van der Waals surface area contributed by atoms with Gasteiger partial charge in [0.2, 0.25) is 0 Å². The van der Waals surface area contributed by atoms with Crippen molar-refractivity contribution in [2.45, 2.75) is 44.9 Å². The summed E-state index contributed by atoms with van der Waals surface area (Å²) in [6.07, 6.45) is 9.33. The Hall–Kier alpha value is -0.0400. The molecule has 2 aliphatic rings. The summed E-state index contributed by atoms with van der Waals surface area (Å²) in [6, 6.07) is 0. The number of halogens is 1. The summed E-state index contributed by atoms with van der Waals surface area (Å²) in [4.78, 5) is 4.23. The van der Waals surface area contributed by atoms with Gasteiger partial charge in [-0.3, -0.25) is 4.99 Å². The van der Waals surface area contributed by atoms with E-state index < -0.39 is 0 Å². The first-order valence-corrected chi connectivity index (χ1v) is 7.90. The van der Waals surface area contributed by atoms with Gasteiger partial charge in [0.25, 0.3) is 0 Å².